The van der Waals surface area contributed by atoms with Crippen molar-refractivity contribution < 1.29 is 0 Å². The van der Waals surface area contributed by atoms with Gasteiger partial charge in [-0.25, -0.2) is 0 Å². The van der Waals surface area contributed by atoms with Crippen molar-refractivity contribution in [3.8, 4) is 0 Å². The molecule has 0 unspecified atom stereocenters. The molecule has 0 rings (SSSR count). The predicted molar refractivity (Wildman–Crippen MR) is 805 cm³/mol. The molecule has 0 N–H and O–H groups in total. The van der Waals surface area contributed by atoms with E-state index in [1.165, 1.54) is 0 Å². The average molecular weight is 7240 g/mol. The van der Waals surface area contributed by atoms with Gasteiger partial charge >= 0.3 is 770 Å². The Kier molecular flexibility index (Phi) is 102. The summed E-state index contributed by atoms with van der Waals surface area (Å²) in [6.45, 7) is 0. The third kappa shape index (κ3) is 40.7. The number of hydrogen-bond acceptors (Lipinski definition) is 0. The molecule has 58 heteroatoms. The molecule has 0 nitrogen and oxygen atoms in total. The molecule has 0 aromatic rings. The second-order valence-electron chi connectivity index (χ2n) is 4.59. The fourth-order valence-electron chi connectivity index (χ4n) is 0.810. The van der Waals surface area contributed by atoms with Gasteiger partial charge in [0.05, 0.1) is 0 Å². The Morgan fingerprint density at radius 2 is 0.224 bits per heavy atom. The summed E-state index contributed by atoms with van der Waals surface area (Å²) in [6.07, 6.45) is 0. The van der Waals surface area contributed by atoms with E-state index in [-0.39, 0.29) is 0 Å². The molecule has 0 aliphatic rings. The molecule has 0 heterocycles. The summed E-state index contributed by atoms with van der Waals surface area (Å²) in [5.41, 5.74) is 6.70. The van der Waals surface area contributed by atoms with Crippen LogP contribution in [0, 0.1) is 0 Å². The van der Waals surface area contributed by atoms with E-state index >= 15 is 0 Å². The molecule has 0 aliphatic heterocycles. The third-order valence-electron chi connectivity index (χ3n) is 2.23. The van der Waals surface area contributed by atoms with E-state index in [9.17, 15) is 0 Å². The molecular formula is BI57. The molecule has 2 radical (unpaired) electrons. The van der Waals surface area contributed by atoms with Gasteiger partial charge in [-0.05, 0) is 0 Å². The van der Waals surface area contributed by atoms with Gasteiger partial charge in [0.2, 0.25) is 0 Å². The van der Waals surface area contributed by atoms with Crippen molar-refractivity contribution in [3.05, 3.63) is 0 Å². The zero-order chi connectivity index (χ0) is 46.2. The van der Waals surface area contributed by atoms with Crippen LogP contribution in [0.15, 0.2) is 0 Å². The zero-order valence-electron chi connectivity index (χ0n) is 22.1. The van der Waals surface area contributed by atoms with Crippen LogP contribution in [0.5, 0.6) is 0 Å². The Balaban J connectivity index is 5.65. The first-order valence-electron chi connectivity index (χ1n) is 8.22. The minimum absolute atomic E-state index is 0.474. The Morgan fingerprint density at radius 3 is 0.310 bits per heavy atom. The van der Waals surface area contributed by atoms with Gasteiger partial charge in [-0.1, -0.05) is 0 Å². The molecule has 0 saturated carbocycles. The van der Waals surface area contributed by atoms with Gasteiger partial charge < -0.3 is 0 Å². The molecule has 0 aromatic carbocycles. The molecule has 0 amide bonds. The Labute approximate surface area is 724 Å². The van der Waals surface area contributed by atoms with Crippen LogP contribution < -0.4 is 0 Å². The van der Waals surface area contributed by atoms with Gasteiger partial charge in [-0.3, -0.25) is 0 Å². The van der Waals surface area contributed by atoms with Gasteiger partial charge in [-0.2, -0.15) is 0 Å². The molecule has 0 atom stereocenters. The molecular weight excluding hydrogens is 7240 g/mol. The Bertz CT molecular complexity index is 993. The minimum atomic E-state index is -0.982. The quantitative estimate of drug-likeness (QED) is 0.0568. The monoisotopic (exact) mass is 7240 g/mol. The van der Waals surface area contributed by atoms with E-state index in [1.54, 1.807) is 0 Å². The molecule has 402 valence electrons. The summed E-state index contributed by atoms with van der Waals surface area (Å²) < 4.78 is 0. The standard InChI is InChI=1S/BI57/c1-31(2)33(5)35(7)37(9)39(11)41(13)43(15)45(17)47(19)49(21)51(23)53(25)55(27)57(29)58(30)56(28)54(26)52(24)50(22)48(20)46(18)44(16)42(14)40(12)38(10)36(8)34(6)32(3)4. The second-order valence-corrected chi connectivity index (χ2v) is 1340. The van der Waals surface area contributed by atoms with Crippen LogP contribution in [0.25, 0.3) is 0 Å². The Hall–Kier alpha value is 41.7. The van der Waals surface area contributed by atoms with Crippen LogP contribution in [-0.4, -0.2) is 5.70 Å². The van der Waals surface area contributed by atoms with E-state index in [0.717, 1.165) is 0 Å². The molecule has 58 heavy (non-hydrogen) atoms. The van der Waals surface area contributed by atoms with Crippen LogP contribution in [-0.2, 0) is 0 Å². The predicted octanol–water partition coefficient (Wildman–Crippen LogP) is 50.1. The number of hydrogen-bond donors (Lipinski definition) is 0. The first-order chi connectivity index (χ1) is 26.3. The summed E-state index contributed by atoms with van der Waals surface area (Å²) in [7, 11) is -15.7. The van der Waals surface area contributed by atoms with Crippen molar-refractivity contribution in [1.82, 2.24) is 0 Å². The topological polar surface area (TPSA) is 0 Å². The van der Waals surface area contributed by atoms with Crippen LogP contribution >= 0.6 is 765 Å². The molecule has 0 fully saturated rings. The maximum atomic E-state index is 6.70. The Morgan fingerprint density at radius 1 is 0.138 bits per heavy atom. The fourth-order valence-corrected chi connectivity index (χ4v) is 10700. The van der Waals surface area contributed by atoms with Crippen LogP contribution in [0.3, 0.4) is 0 Å². The van der Waals surface area contributed by atoms with E-state index in [1.807, 2.05) is 0 Å². The van der Waals surface area contributed by atoms with Gasteiger partial charge in [0.25, 0.3) is 0 Å². The first kappa shape index (κ1) is 99.7. The van der Waals surface area contributed by atoms with Crippen molar-refractivity contribution in [2.24, 2.45) is 0 Å². The average Bonchev–Trinajstić information content (AvgIpc) is 3.21. The van der Waals surface area contributed by atoms with Crippen LogP contribution in [0.2, 0.25) is 0 Å². The summed E-state index contributed by atoms with van der Waals surface area (Å²) in [5.74, 6) is 0. The van der Waals surface area contributed by atoms with E-state index in [2.05, 4.69) is 540 Å². The summed E-state index contributed by atoms with van der Waals surface area (Å²) >= 11 is 94.2. The summed E-state index contributed by atoms with van der Waals surface area (Å²) in [6, 6.07) is 0. The SMILES string of the molecule is [B]I(I)I(I)I(I)I(I)I(I)I(I)I(I)I(I)I(I)I(I)I(I)I(I)I(I)I(I)I(I)I(I)I(I)I(I)I(I)I(I)I(I)I(I)I(I)I(I)I(I)I(I)I(I)I(I)I. The molecule has 0 spiro atoms. The van der Waals surface area contributed by atoms with E-state index in [0.29, 0.717) is 0 Å². The molecule has 0 bridgehead atoms. The van der Waals surface area contributed by atoms with Crippen molar-refractivity contribution in [1.29, 1.82) is 0 Å². The number of rotatable bonds is 27. The maximum absolute atomic E-state index is 6.70. The second kappa shape index (κ2) is 59.6. The van der Waals surface area contributed by atoms with Gasteiger partial charge in [0, 0.05) is 0 Å². The van der Waals surface area contributed by atoms with Gasteiger partial charge in [0.15, 0.2) is 0 Å². The van der Waals surface area contributed by atoms with Crippen molar-refractivity contribution in [2.45, 2.75) is 0 Å². The van der Waals surface area contributed by atoms with Crippen molar-refractivity contribution >= 4 is 770 Å². The fraction of sp³-hybridized carbons (Fsp3) is 0. The van der Waals surface area contributed by atoms with Crippen molar-refractivity contribution in [3.63, 3.8) is 0 Å². The summed E-state index contributed by atoms with van der Waals surface area (Å²) in [5, 5.41) is 0. The normalized spacial score (nSPS) is 18.9. The summed E-state index contributed by atoms with van der Waals surface area (Å²) in [4.78, 5) is 0. The van der Waals surface area contributed by atoms with Crippen LogP contribution in [0.4, 0.5) is 0 Å². The van der Waals surface area contributed by atoms with Crippen molar-refractivity contribution in [2.75, 3.05) is 0 Å². The van der Waals surface area contributed by atoms with E-state index < -0.39 is 225 Å². The molecule has 0 aliphatic carbocycles. The number of halogens is 57. The molecule has 0 saturated heterocycles. The van der Waals surface area contributed by atoms with Crippen LogP contribution in [0.1, 0.15) is 0 Å². The van der Waals surface area contributed by atoms with Gasteiger partial charge in [-0.15, -0.1) is 0 Å². The zero-order valence-corrected chi connectivity index (χ0v) is 145. The van der Waals surface area contributed by atoms with E-state index in [4.69, 9.17) is 5.70 Å². The first-order valence-corrected chi connectivity index (χ1v) is 361. The van der Waals surface area contributed by atoms with Gasteiger partial charge in [0.1, 0.15) is 0 Å². The third-order valence-corrected chi connectivity index (χ3v) is 4400. The molecule has 0 aromatic heterocycles.